The van der Waals surface area contributed by atoms with Crippen LogP contribution in [-0.2, 0) is 19.4 Å². The Hall–Kier alpha value is -2.26. The van der Waals surface area contributed by atoms with Crippen LogP contribution in [0, 0.1) is 26.7 Å². The molecule has 28 heavy (non-hydrogen) atoms. The molecule has 1 aliphatic rings. The number of aryl methyl sites for hydroxylation is 3. The van der Waals surface area contributed by atoms with Gasteiger partial charge in [-0.05, 0) is 83.4 Å². The third-order valence-electron chi connectivity index (χ3n) is 5.96. The van der Waals surface area contributed by atoms with Crippen molar-refractivity contribution in [2.75, 3.05) is 0 Å². The fraction of sp³-hybridized carbons (Fsp3) is 0.280. The first-order chi connectivity index (χ1) is 13.4. The van der Waals surface area contributed by atoms with E-state index in [1.54, 1.807) is 0 Å². The molecule has 0 aliphatic heterocycles. The summed E-state index contributed by atoms with van der Waals surface area (Å²) < 4.78 is 3.26. The van der Waals surface area contributed by atoms with Crippen LogP contribution >= 0.6 is 15.9 Å². The quantitative estimate of drug-likeness (QED) is 0.509. The molecule has 0 radical (unpaired) electrons. The van der Waals surface area contributed by atoms with Crippen LogP contribution in [0.4, 0.5) is 0 Å². The Bertz CT molecular complexity index is 1070. The molecule has 2 aromatic carbocycles. The first-order valence-electron chi connectivity index (χ1n) is 9.78. The standard InChI is InChI=1S/C25H25BrNO/c1-16-6-4-5-7-20(16)14-27-9-8-19(24(26)15-27)12-22-13-21-10-17(2)18(3)11-23(21)25(22)28/h4-11,15,22H,12-14H2,1-3H3/q+1. The molecule has 1 atom stereocenters. The number of nitrogens with zero attached hydrogens (tertiary/aromatic N) is 1. The van der Waals surface area contributed by atoms with Crippen LogP contribution in [0.25, 0.3) is 0 Å². The van der Waals surface area contributed by atoms with Crippen molar-refractivity contribution in [2.24, 2.45) is 5.92 Å². The summed E-state index contributed by atoms with van der Waals surface area (Å²) in [6.45, 7) is 7.19. The highest BCUT2D eigenvalue weighted by Gasteiger charge is 2.31. The van der Waals surface area contributed by atoms with E-state index in [0.717, 1.165) is 29.4 Å². The molecule has 0 N–H and O–H groups in total. The predicted molar refractivity (Wildman–Crippen MR) is 116 cm³/mol. The molecule has 2 nitrogen and oxygen atoms in total. The number of Topliss-reactive ketones (excluding diaryl/α,β-unsaturated/α-hetero) is 1. The average Bonchev–Trinajstić information content (AvgIpc) is 2.95. The molecule has 0 bridgehead atoms. The van der Waals surface area contributed by atoms with Crippen molar-refractivity contribution < 1.29 is 9.36 Å². The van der Waals surface area contributed by atoms with Crippen molar-refractivity contribution in [2.45, 2.75) is 40.2 Å². The van der Waals surface area contributed by atoms with E-state index in [0.29, 0.717) is 5.78 Å². The van der Waals surface area contributed by atoms with Gasteiger partial charge in [0, 0.05) is 23.1 Å². The first kappa shape index (κ1) is 19.1. The van der Waals surface area contributed by atoms with Gasteiger partial charge in [-0.15, -0.1) is 0 Å². The maximum absolute atomic E-state index is 12.9. The fourth-order valence-corrected chi connectivity index (χ4v) is 4.62. The lowest BCUT2D eigenvalue weighted by molar-refractivity contribution is -0.689. The van der Waals surface area contributed by atoms with Crippen molar-refractivity contribution in [3.05, 3.63) is 98.3 Å². The smallest absolute Gasteiger partial charge is 0.183 e. The van der Waals surface area contributed by atoms with E-state index in [9.17, 15) is 4.79 Å². The minimum atomic E-state index is 0.0414. The molecular formula is C25H25BrNO+. The van der Waals surface area contributed by atoms with Crippen molar-refractivity contribution in [1.29, 1.82) is 0 Å². The number of hydrogen-bond donors (Lipinski definition) is 0. The maximum atomic E-state index is 12.9. The lowest BCUT2D eigenvalue weighted by atomic mass is 9.96. The summed E-state index contributed by atoms with van der Waals surface area (Å²) in [5.41, 5.74) is 8.42. The molecule has 3 aromatic rings. The van der Waals surface area contributed by atoms with Crippen LogP contribution in [0.2, 0.25) is 0 Å². The minimum Gasteiger partial charge on any atom is -0.294 e. The normalized spacial score (nSPS) is 15.7. The zero-order valence-corrected chi connectivity index (χ0v) is 18.2. The van der Waals surface area contributed by atoms with Gasteiger partial charge in [0.1, 0.15) is 0 Å². The van der Waals surface area contributed by atoms with Gasteiger partial charge in [-0.1, -0.05) is 30.3 Å². The molecule has 1 aromatic heterocycles. The van der Waals surface area contributed by atoms with Crippen LogP contribution in [0.1, 0.15) is 43.7 Å². The zero-order chi connectivity index (χ0) is 19.8. The van der Waals surface area contributed by atoms with Gasteiger partial charge in [0.2, 0.25) is 0 Å². The molecule has 3 heteroatoms. The van der Waals surface area contributed by atoms with Gasteiger partial charge in [-0.25, -0.2) is 0 Å². The third-order valence-corrected chi connectivity index (χ3v) is 6.67. The molecular weight excluding hydrogens is 410 g/mol. The van der Waals surface area contributed by atoms with Crippen LogP contribution < -0.4 is 4.57 Å². The van der Waals surface area contributed by atoms with Gasteiger partial charge in [0.05, 0.1) is 4.47 Å². The molecule has 0 saturated heterocycles. The van der Waals surface area contributed by atoms with Crippen LogP contribution in [-0.4, -0.2) is 5.78 Å². The number of benzene rings is 2. The van der Waals surface area contributed by atoms with Crippen LogP contribution in [0.3, 0.4) is 0 Å². The predicted octanol–water partition coefficient (Wildman–Crippen LogP) is 5.31. The number of halogens is 1. The third kappa shape index (κ3) is 3.68. The second-order valence-electron chi connectivity index (χ2n) is 7.98. The van der Waals surface area contributed by atoms with Gasteiger partial charge in [0.25, 0.3) is 0 Å². The summed E-state index contributed by atoms with van der Waals surface area (Å²) in [7, 11) is 0. The first-order valence-corrected chi connectivity index (χ1v) is 10.6. The molecule has 142 valence electrons. The van der Waals surface area contributed by atoms with E-state index >= 15 is 0 Å². The zero-order valence-electron chi connectivity index (χ0n) is 16.6. The van der Waals surface area contributed by atoms with Gasteiger partial charge >= 0.3 is 0 Å². The van der Waals surface area contributed by atoms with Gasteiger partial charge in [-0.2, -0.15) is 4.57 Å². The molecule has 0 saturated carbocycles. The molecule has 1 unspecified atom stereocenters. The summed E-state index contributed by atoms with van der Waals surface area (Å²) in [5.74, 6) is 0.335. The molecule has 0 amide bonds. The number of hydrogen-bond acceptors (Lipinski definition) is 1. The highest BCUT2D eigenvalue weighted by atomic mass is 79.9. The molecule has 0 spiro atoms. The number of rotatable bonds is 4. The summed E-state index contributed by atoms with van der Waals surface area (Å²) >= 11 is 3.73. The van der Waals surface area contributed by atoms with Gasteiger partial charge < -0.3 is 0 Å². The number of pyridine rings is 1. The lowest BCUT2D eigenvalue weighted by Crippen LogP contribution is -2.34. The van der Waals surface area contributed by atoms with E-state index < -0.39 is 0 Å². The maximum Gasteiger partial charge on any atom is 0.183 e. The summed E-state index contributed by atoms with van der Waals surface area (Å²) in [6, 6.07) is 14.9. The number of carbonyl (C=O) groups excluding carboxylic acids is 1. The highest BCUT2D eigenvalue weighted by molar-refractivity contribution is 9.10. The van der Waals surface area contributed by atoms with E-state index in [2.05, 4.69) is 96.1 Å². The van der Waals surface area contributed by atoms with Gasteiger partial charge in [-0.3, -0.25) is 4.79 Å². The number of ketones is 1. The highest BCUT2D eigenvalue weighted by Crippen LogP contribution is 2.32. The van der Waals surface area contributed by atoms with Crippen molar-refractivity contribution in [1.82, 2.24) is 0 Å². The Morgan fingerprint density at radius 3 is 2.50 bits per heavy atom. The Morgan fingerprint density at radius 1 is 1.00 bits per heavy atom. The molecule has 4 rings (SSSR count). The number of aromatic nitrogens is 1. The summed E-state index contributed by atoms with van der Waals surface area (Å²) in [6.07, 6.45) is 5.87. The number of fused-ring (bicyclic) bond motifs is 1. The Morgan fingerprint density at radius 2 is 1.75 bits per heavy atom. The minimum absolute atomic E-state index is 0.0414. The molecule has 0 fully saturated rings. The summed E-state index contributed by atoms with van der Waals surface area (Å²) in [4.78, 5) is 12.9. The molecule has 1 heterocycles. The van der Waals surface area contributed by atoms with E-state index in [-0.39, 0.29) is 5.92 Å². The topological polar surface area (TPSA) is 20.9 Å². The average molecular weight is 435 g/mol. The van der Waals surface area contributed by atoms with E-state index in [1.165, 1.54) is 33.4 Å². The largest absolute Gasteiger partial charge is 0.294 e. The number of carbonyl (C=O) groups is 1. The Labute approximate surface area is 175 Å². The van der Waals surface area contributed by atoms with Crippen molar-refractivity contribution in [3.63, 3.8) is 0 Å². The van der Waals surface area contributed by atoms with Crippen molar-refractivity contribution in [3.8, 4) is 0 Å². The Balaban J connectivity index is 1.52. The SMILES string of the molecule is Cc1cc2c(cc1C)C(=O)C(Cc1cc[n+](Cc3ccccc3C)cc1Br)C2. The van der Waals surface area contributed by atoms with E-state index in [1.807, 2.05) is 0 Å². The fourth-order valence-electron chi connectivity index (χ4n) is 4.07. The molecule has 1 aliphatic carbocycles. The second kappa shape index (κ2) is 7.63. The Kier molecular flexibility index (Phi) is 5.20. The second-order valence-corrected chi connectivity index (χ2v) is 8.83. The van der Waals surface area contributed by atoms with E-state index in [4.69, 9.17) is 0 Å². The van der Waals surface area contributed by atoms with Crippen LogP contribution in [0.5, 0.6) is 0 Å². The lowest BCUT2D eigenvalue weighted by Gasteiger charge is -2.09. The van der Waals surface area contributed by atoms with Gasteiger partial charge in [0.15, 0.2) is 24.7 Å². The summed E-state index contributed by atoms with van der Waals surface area (Å²) in [5, 5.41) is 0. The monoisotopic (exact) mass is 434 g/mol. The van der Waals surface area contributed by atoms with Crippen molar-refractivity contribution >= 4 is 21.7 Å². The van der Waals surface area contributed by atoms with Crippen LogP contribution in [0.15, 0.2) is 59.3 Å².